The van der Waals surface area contributed by atoms with Crippen LogP contribution in [0.15, 0.2) is 18.2 Å². The third-order valence-corrected chi connectivity index (χ3v) is 5.11. The Kier molecular flexibility index (Phi) is 5.98. The number of carbonyl (C=O) groups excluding carboxylic acids is 3. The van der Waals surface area contributed by atoms with Crippen LogP contribution in [0.5, 0.6) is 5.75 Å². The van der Waals surface area contributed by atoms with Gasteiger partial charge in [-0.3, -0.25) is 14.4 Å². The number of amides is 3. The van der Waals surface area contributed by atoms with Gasteiger partial charge in [0, 0.05) is 45.2 Å². The molecule has 1 aromatic rings. The zero-order valence-electron chi connectivity index (χ0n) is 16.1. The Hall–Kier alpha value is -2.57. The van der Waals surface area contributed by atoms with E-state index in [-0.39, 0.29) is 17.7 Å². The van der Waals surface area contributed by atoms with Crippen LogP contribution in [0.1, 0.15) is 43.0 Å². The van der Waals surface area contributed by atoms with Gasteiger partial charge in [-0.2, -0.15) is 0 Å². The summed E-state index contributed by atoms with van der Waals surface area (Å²) >= 11 is 0. The molecule has 7 nitrogen and oxygen atoms in total. The number of hydrogen-bond acceptors (Lipinski definition) is 4. The van der Waals surface area contributed by atoms with Crippen molar-refractivity contribution >= 4 is 23.4 Å². The first-order valence-electron chi connectivity index (χ1n) is 9.61. The zero-order chi connectivity index (χ0) is 19.4. The third-order valence-electron chi connectivity index (χ3n) is 5.11. The van der Waals surface area contributed by atoms with Gasteiger partial charge in [0.1, 0.15) is 5.75 Å². The highest BCUT2D eigenvalue weighted by molar-refractivity contribution is 5.99. The van der Waals surface area contributed by atoms with Crippen molar-refractivity contribution in [1.82, 2.24) is 9.80 Å². The van der Waals surface area contributed by atoms with E-state index in [1.807, 2.05) is 11.8 Å². The molecule has 1 fully saturated rings. The number of benzene rings is 1. The molecule has 27 heavy (non-hydrogen) atoms. The smallest absolute Gasteiger partial charge is 0.253 e. The highest BCUT2D eigenvalue weighted by Crippen LogP contribution is 2.32. The van der Waals surface area contributed by atoms with Crippen LogP contribution in [0.3, 0.4) is 0 Å². The summed E-state index contributed by atoms with van der Waals surface area (Å²) in [5, 5.41) is 0. The maximum atomic E-state index is 13.0. The number of ether oxygens (including phenoxy) is 1. The molecule has 0 aromatic heterocycles. The molecule has 0 atom stereocenters. The molecule has 0 spiro atoms. The molecular formula is C20H27N3O4. The van der Waals surface area contributed by atoms with Gasteiger partial charge in [-0.1, -0.05) is 6.92 Å². The molecular weight excluding hydrogens is 346 g/mol. The summed E-state index contributed by atoms with van der Waals surface area (Å²) in [4.78, 5) is 42.4. The molecule has 1 saturated heterocycles. The second-order valence-electron chi connectivity index (χ2n) is 7.01. The number of rotatable bonds is 3. The van der Waals surface area contributed by atoms with Gasteiger partial charge in [0.25, 0.3) is 5.91 Å². The van der Waals surface area contributed by atoms with Gasteiger partial charge in [-0.15, -0.1) is 0 Å². The summed E-state index contributed by atoms with van der Waals surface area (Å²) in [6, 6.07) is 5.23. The van der Waals surface area contributed by atoms with Gasteiger partial charge in [0.05, 0.1) is 18.7 Å². The van der Waals surface area contributed by atoms with Crippen LogP contribution < -0.4 is 9.64 Å². The van der Waals surface area contributed by atoms with Gasteiger partial charge >= 0.3 is 0 Å². The van der Waals surface area contributed by atoms with Crippen molar-refractivity contribution in [2.75, 3.05) is 44.7 Å². The molecule has 3 rings (SSSR count). The Morgan fingerprint density at radius 2 is 1.85 bits per heavy atom. The number of fused-ring (bicyclic) bond motifs is 1. The summed E-state index contributed by atoms with van der Waals surface area (Å²) in [6.45, 7) is 4.75. The molecule has 0 unspecified atom stereocenters. The fourth-order valence-electron chi connectivity index (χ4n) is 3.51. The quantitative estimate of drug-likeness (QED) is 0.812. The van der Waals surface area contributed by atoms with Crippen molar-refractivity contribution in [3.8, 4) is 5.75 Å². The van der Waals surface area contributed by atoms with E-state index < -0.39 is 0 Å². The molecule has 0 N–H and O–H groups in total. The molecule has 2 aliphatic heterocycles. The predicted molar refractivity (Wildman–Crippen MR) is 102 cm³/mol. The van der Waals surface area contributed by atoms with E-state index in [1.165, 1.54) is 0 Å². The second-order valence-corrected chi connectivity index (χ2v) is 7.01. The van der Waals surface area contributed by atoms with Gasteiger partial charge < -0.3 is 19.4 Å². The fourth-order valence-corrected chi connectivity index (χ4v) is 3.51. The normalized spacial score (nSPS) is 17.7. The summed E-state index contributed by atoms with van der Waals surface area (Å²) in [6.07, 6.45) is 2.48. The minimum absolute atomic E-state index is 0.0294. The van der Waals surface area contributed by atoms with E-state index >= 15 is 0 Å². The van der Waals surface area contributed by atoms with Crippen LogP contribution >= 0.6 is 0 Å². The largest absolute Gasteiger partial charge is 0.491 e. The summed E-state index contributed by atoms with van der Waals surface area (Å²) in [5.41, 5.74) is 1.16. The van der Waals surface area contributed by atoms with Gasteiger partial charge in [-0.05, 0) is 31.0 Å². The Labute approximate surface area is 159 Å². The molecule has 0 bridgehead atoms. The third kappa shape index (κ3) is 4.23. The molecule has 0 radical (unpaired) electrons. The molecule has 146 valence electrons. The van der Waals surface area contributed by atoms with Gasteiger partial charge in [0.2, 0.25) is 11.8 Å². The van der Waals surface area contributed by atoms with E-state index in [2.05, 4.69) is 0 Å². The summed E-state index contributed by atoms with van der Waals surface area (Å²) < 4.78 is 5.62. The first-order chi connectivity index (χ1) is 13.0. The topological polar surface area (TPSA) is 70.2 Å². The fraction of sp³-hybridized carbons (Fsp3) is 0.550. The average molecular weight is 373 g/mol. The molecule has 0 saturated carbocycles. The average Bonchev–Trinajstić information content (AvgIpc) is 2.99. The molecule has 7 heteroatoms. The van der Waals surface area contributed by atoms with Crippen LogP contribution in [-0.4, -0.2) is 67.4 Å². The van der Waals surface area contributed by atoms with Crippen molar-refractivity contribution in [2.24, 2.45) is 0 Å². The van der Waals surface area contributed by atoms with Crippen molar-refractivity contribution in [3.05, 3.63) is 23.8 Å². The maximum Gasteiger partial charge on any atom is 0.253 e. The number of nitrogens with zero attached hydrogens (tertiary/aromatic N) is 3. The first kappa shape index (κ1) is 19.2. The Balaban J connectivity index is 1.73. The molecule has 3 amide bonds. The molecule has 0 aliphatic carbocycles. The lowest BCUT2D eigenvalue weighted by Crippen LogP contribution is -2.37. The lowest BCUT2D eigenvalue weighted by molar-refractivity contribution is -0.131. The van der Waals surface area contributed by atoms with Crippen LogP contribution in [0.4, 0.5) is 5.69 Å². The van der Waals surface area contributed by atoms with E-state index in [1.54, 1.807) is 35.0 Å². The van der Waals surface area contributed by atoms with Gasteiger partial charge in [-0.25, -0.2) is 0 Å². The lowest BCUT2D eigenvalue weighted by Gasteiger charge is -2.23. The lowest BCUT2D eigenvalue weighted by atomic mass is 10.1. The van der Waals surface area contributed by atoms with Gasteiger partial charge in [0.15, 0.2) is 0 Å². The molecule has 2 heterocycles. The van der Waals surface area contributed by atoms with Crippen molar-refractivity contribution in [3.63, 3.8) is 0 Å². The highest BCUT2D eigenvalue weighted by atomic mass is 16.5. The Morgan fingerprint density at radius 1 is 1.11 bits per heavy atom. The van der Waals surface area contributed by atoms with Crippen LogP contribution in [0.2, 0.25) is 0 Å². The summed E-state index contributed by atoms with van der Waals surface area (Å²) in [5.74, 6) is 0.673. The maximum absolute atomic E-state index is 13.0. The predicted octanol–water partition coefficient (Wildman–Crippen LogP) is 1.91. The molecule has 1 aromatic carbocycles. The highest BCUT2D eigenvalue weighted by Gasteiger charge is 2.25. The van der Waals surface area contributed by atoms with Crippen molar-refractivity contribution in [1.29, 1.82) is 0 Å². The minimum atomic E-state index is -0.0762. The number of anilines is 1. The van der Waals surface area contributed by atoms with E-state index in [9.17, 15) is 14.4 Å². The van der Waals surface area contributed by atoms with Crippen LogP contribution in [0, 0.1) is 0 Å². The van der Waals surface area contributed by atoms with E-state index in [4.69, 9.17) is 4.74 Å². The van der Waals surface area contributed by atoms with Crippen molar-refractivity contribution < 1.29 is 19.1 Å². The van der Waals surface area contributed by atoms with E-state index in [0.29, 0.717) is 62.6 Å². The Bertz CT molecular complexity index is 734. The Morgan fingerprint density at radius 3 is 2.63 bits per heavy atom. The number of carbonyl (C=O) groups is 3. The first-order valence-corrected chi connectivity index (χ1v) is 9.61. The standard InChI is InChI=1S/C20H27N3O4/c1-3-5-19(25)22-9-4-10-23(12-11-22)20(26)15-6-7-17-16(14-15)21(2)18(24)8-13-27-17/h6-7,14H,3-5,8-13H2,1-2H3. The monoisotopic (exact) mass is 373 g/mol. The second kappa shape index (κ2) is 8.41. The summed E-state index contributed by atoms with van der Waals surface area (Å²) in [7, 11) is 1.70. The van der Waals surface area contributed by atoms with E-state index in [0.717, 1.165) is 12.8 Å². The minimum Gasteiger partial charge on any atom is -0.491 e. The molecule has 2 aliphatic rings. The number of hydrogen-bond donors (Lipinski definition) is 0. The van der Waals surface area contributed by atoms with Crippen molar-refractivity contribution in [2.45, 2.75) is 32.6 Å². The zero-order valence-corrected chi connectivity index (χ0v) is 16.1. The van der Waals surface area contributed by atoms with Crippen LogP contribution in [-0.2, 0) is 9.59 Å². The SMILES string of the molecule is CCCC(=O)N1CCCN(C(=O)c2ccc3c(c2)N(C)C(=O)CCO3)CC1. The van der Waals surface area contributed by atoms with Crippen LogP contribution in [0.25, 0.3) is 0 Å².